The summed E-state index contributed by atoms with van der Waals surface area (Å²) in [7, 11) is 1.79. The van der Waals surface area contributed by atoms with E-state index in [1.54, 1.807) is 7.05 Å². The molecule has 2 N–H and O–H groups in total. The molecule has 33 heavy (non-hydrogen) atoms. The fourth-order valence-corrected chi connectivity index (χ4v) is 4.43. The van der Waals surface area contributed by atoms with Crippen LogP contribution in [0.1, 0.15) is 48.8 Å². The number of piperidine rings is 1. The first-order valence-electron chi connectivity index (χ1n) is 11.9. The number of hydrogen-bond donors (Lipinski definition) is 2. The summed E-state index contributed by atoms with van der Waals surface area (Å²) < 4.78 is 0. The standard InChI is InChI=1S/C26H35N5O.HI/c1-27-26(28-18-21-7-9-23(10-8-21)20-30-15-4-5-16-30)29-19-22-11-13-24(14-12-22)31-17-3-2-6-25(31)32;/h7-14H,2-6,15-20H2,1H3,(H2,27,28,29);1H. The fourth-order valence-electron chi connectivity index (χ4n) is 4.43. The van der Waals surface area contributed by atoms with Crippen LogP contribution in [-0.4, -0.2) is 43.4 Å². The van der Waals surface area contributed by atoms with Gasteiger partial charge in [-0.15, -0.1) is 24.0 Å². The predicted molar refractivity (Wildman–Crippen MR) is 146 cm³/mol. The molecule has 2 heterocycles. The summed E-state index contributed by atoms with van der Waals surface area (Å²) in [5.74, 6) is 1.01. The molecule has 1 amide bonds. The highest BCUT2D eigenvalue weighted by atomic mass is 127. The van der Waals surface area contributed by atoms with E-state index in [-0.39, 0.29) is 29.9 Å². The molecule has 4 rings (SSSR count). The highest BCUT2D eigenvalue weighted by molar-refractivity contribution is 14.0. The third kappa shape index (κ3) is 7.43. The maximum Gasteiger partial charge on any atom is 0.226 e. The first-order valence-corrected chi connectivity index (χ1v) is 11.9. The van der Waals surface area contributed by atoms with Crippen LogP contribution in [-0.2, 0) is 24.4 Å². The highest BCUT2D eigenvalue weighted by Crippen LogP contribution is 2.21. The molecule has 6 nitrogen and oxygen atoms in total. The molecular weight excluding hydrogens is 525 g/mol. The van der Waals surface area contributed by atoms with Gasteiger partial charge in [0.15, 0.2) is 5.96 Å². The summed E-state index contributed by atoms with van der Waals surface area (Å²) in [4.78, 5) is 20.9. The number of rotatable bonds is 7. The average Bonchev–Trinajstić information content (AvgIpc) is 3.34. The molecular formula is C26H36IN5O. The Morgan fingerprint density at radius 3 is 1.94 bits per heavy atom. The van der Waals surface area contributed by atoms with Gasteiger partial charge in [0.25, 0.3) is 0 Å². The van der Waals surface area contributed by atoms with E-state index in [0.717, 1.165) is 49.7 Å². The first-order chi connectivity index (χ1) is 15.7. The molecule has 2 aliphatic heterocycles. The minimum atomic E-state index is 0. The summed E-state index contributed by atoms with van der Waals surface area (Å²) in [5, 5.41) is 6.77. The number of hydrogen-bond acceptors (Lipinski definition) is 3. The van der Waals surface area contributed by atoms with Crippen molar-refractivity contribution >= 4 is 41.5 Å². The molecule has 2 saturated heterocycles. The van der Waals surface area contributed by atoms with Gasteiger partial charge < -0.3 is 15.5 Å². The van der Waals surface area contributed by atoms with E-state index in [0.29, 0.717) is 13.0 Å². The molecule has 0 aromatic heterocycles. The number of anilines is 1. The van der Waals surface area contributed by atoms with Gasteiger partial charge in [-0.2, -0.15) is 0 Å². The SMILES string of the molecule is CN=C(NCc1ccc(CN2CCCC2)cc1)NCc1ccc(N2CCCCC2=O)cc1.I. The topological polar surface area (TPSA) is 60.0 Å². The Morgan fingerprint density at radius 1 is 0.818 bits per heavy atom. The molecule has 0 aliphatic carbocycles. The molecule has 178 valence electrons. The number of amides is 1. The summed E-state index contributed by atoms with van der Waals surface area (Å²) in [6.45, 7) is 5.75. The Balaban J connectivity index is 0.00000306. The van der Waals surface area contributed by atoms with Crippen molar-refractivity contribution in [3.05, 3.63) is 65.2 Å². The second-order valence-corrected chi connectivity index (χ2v) is 8.75. The summed E-state index contributed by atoms with van der Waals surface area (Å²) in [5.41, 5.74) is 4.78. The quantitative estimate of drug-likeness (QED) is 0.301. The second-order valence-electron chi connectivity index (χ2n) is 8.75. The number of carbonyl (C=O) groups excluding carboxylic acids is 1. The highest BCUT2D eigenvalue weighted by Gasteiger charge is 2.19. The lowest BCUT2D eigenvalue weighted by molar-refractivity contribution is -0.119. The van der Waals surface area contributed by atoms with Crippen LogP contribution in [0.2, 0.25) is 0 Å². The number of likely N-dealkylation sites (tertiary alicyclic amines) is 1. The minimum absolute atomic E-state index is 0. The lowest BCUT2D eigenvalue weighted by atomic mass is 10.1. The molecule has 0 atom stereocenters. The summed E-state index contributed by atoms with van der Waals surface area (Å²) in [6.07, 6.45) is 5.41. The maximum atomic E-state index is 12.1. The van der Waals surface area contributed by atoms with Gasteiger partial charge in [0.2, 0.25) is 5.91 Å². The number of carbonyl (C=O) groups is 1. The summed E-state index contributed by atoms with van der Waals surface area (Å²) >= 11 is 0. The number of benzene rings is 2. The Kier molecular flexibility index (Phi) is 9.99. The Labute approximate surface area is 214 Å². The van der Waals surface area contributed by atoms with Crippen molar-refractivity contribution in [3.8, 4) is 0 Å². The van der Waals surface area contributed by atoms with Crippen molar-refractivity contribution in [2.75, 3.05) is 31.6 Å². The third-order valence-corrected chi connectivity index (χ3v) is 6.34. The van der Waals surface area contributed by atoms with Crippen LogP contribution < -0.4 is 15.5 Å². The van der Waals surface area contributed by atoms with Crippen LogP contribution in [0.15, 0.2) is 53.5 Å². The molecule has 0 saturated carbocycles. The van der Waals surface area contributed by atoms with Gasteiger partial charge in [-0.25, -0.2) is 0 Å². The zero-order chi connectivity index (χ0) is 22.2. The Hall–Kier alpha value is -2.13. The summed E-state index contributed by atoms with van der Waals surface area (Å²) in [6, 6.07) is 17.1. The largest absolute Gasteiger partial charge is 0.352 e. The molecule has 2 aromatic rings. The zero-order valence-corrected chi connectivity index (χ0v) is 21.9. The fraction of sp³-hybridized carbons (Fsp3) is 0.462. The molecule has 0 radical (unpaired) electrons. The van der Waals surface area contributed by atoms with Gasteiger partial charge in [0.05, 0.1) is 0 Å². The van der Waals surface area contributed by atoms with Crippen LogP contribution in [0, 0.1) is 0 Å². The van der Waals surface area contributed by atoms with E-state index in [4.69, 9.17) is 0 Å². The van der Waals surface area contributed by atoms with Crippen molar-refractivity contribution in [2.45, 2.75) is 51.7 Å². The third-order valence-electron chi connectivity index (χ3n) is 6.34. The molecule has 0 bridgehead atoms. The average molecular weight is 562 g/mol. The van der Waals surface area contributed by atoms with Gasteiger partial charge in [0, 0.05) is 45.3 Å². The van der Waals surface area contributed by atoms with Crippen LogP contribution in [0.4, 0.5) is 5.69 Å². The van der Waals surface area contributed by atoms with Crippen molar-refractivity contribution in [1.29, 1.82) is 0 Å². The minimum Gasteiger partial charge on any atom is -0.352 e. The second kappa shape index (κ2) is 12.9. The first kappa shape index (κ1) is 25.5. The van der Waals surface area contributed by atoms with E-state index in [1.165, 1.54) is 37.1 Å². The molecule has 0 unspecified atom stereocenters. The molecule has 2 aromatic carbocycles. The number of guanidine groups is 1. The zero-order valence-electron chi connectivity index (χ0n) is 19.6. The van der Waals surface area contributed by atoms with E-state index in [1.807, 2.05) is 17.0 Å². The van der Waals surface area contributed by atoms with Gasteiger partial charge in [-0.1, -0.05) is 36.4 Å². The monoisotopic (exact) mass is 561 g/mol. The van der Waals surface area contributed by atoms with Crippen LogP contribution >= 0.6 is 24.0 Å². The number of nitrogens with one attached hydrogen (secondary N) is 2. The van der Waals surface area contributed by atoms with Crippen LogP contribution in [0.3, 0.4) is 0 Å². The lowest BCUT2D eigenvalue weighted by Gasteiger charge is -2.26. The van der Waals surface area contributed by atoms with Gasteiger partial charge >= 0.3 is 0 Å². The predicted octanol–water partition coefficient (Wildman–Crippen LogP) is 4.28. The van der Waals surface area contributed by atoms with Gasteiger partial charge in [-0.3, -0.25) is 14.7 Å². The smallest absolute Gasteiger partial charge is 0.226 e. The lowest BCUT2D eigenvalue weighted by Crippen LogP contribution is -2.36. The van der Waals surface area contributed by atoms with E-state index >= 15 is 0 Å². The molecule has 2 fully saturated rings. The van der Waals surface area contributed by atoms with E-state index < -0.39 is 0 Å². The molecule has 0 spiro atoms. The number of nitrogens with zero attached hydrogens (tertiary/aromatic N) is 3. The van der Waals surface area contributed by atoms with E-state index in [2.05, 4.69) is 56.9 Å². The van der Waals surface area contributed by atoms with Crippen molar-refractivity contribution in [2.24, 2.45) is 4.99 Å². The van der Waals surface area contributed by atoms with Crippen LogP contribution in [0.25, 0.3) is 0 Å². The number of halogens is 1. The molecule has 2 aliphatic rings. The van der Waals surface area contributed by atoms with Crippen molar-refractivity contribution in [1.82, 2.24) is 15.5 Å². The number of aliphatic imine (C=N–C) groups is 1. The van der Waals surface area contributed by atoms with Crippen molar-refractivity contribution < 1.29 is 4.79 Å². The van der Waals surface area contributed by atoms with E-state index in [9.17, 15) is 4.79 Å². The van der Waals surface area contributed by atoms with Gasteiger partial charge in [0.1, 0.15) is 0 Å². The Bertz CT molecular complexity index is 907. The normalized spacial score (nSPS) is 17.1. The maximum absolute atomic E-state index is 12.1. The molecule has 7 heteroatoms. The van der Waals surface area contributed by atoms with Crippen molar-refractivity contribution in [3.63, 3.8) is 0 Å². The Morgan fingerprint density at radius 2 is 1.36 bits per heavy atom. The van der Waals surface area contributed by atoms with Gasteiger partial charge in [-0.05, 0) is 67.6 Å². The van der Waals surface area contributed by atoms with Crippen LogP contribution in [0.5, 0.6) is 0 Å².